The van der Waals surface area contributed by atoms with E-state index in [1.54, 1.807) is 12.4 Å². The molecule has 0 saturated carbocycles. The summed E-state index contributed by atoms with van der Waals surface area (Å²) in [6, 6.07) is 7.78. The Morgan fingerprint density at radius 2 is 1.92 bits per heavy atom. The zero-order valence-electron chi connectivity index (χ0n) is 14.4. The van der Waals surface area contributed by atoms with Gasteiger partial charge in [-0.25, -0.2) is 4.98 Å². The number of nitrogens with one attached hydrogen (secondary N) is 1. The average molecular weight is 357 g/mol. The average Bonchev–Trinajstić information content (AvgIpc) is 2.66. The predicted molar refractivity (Wildman–Crippen MR) is 101 cm³/mol. The van der Waals surface area contributed by atoms with Gasteiger partial charge in [-0.05, 0) is 25.2 Å². The molecular formula is C18H23N5OS. The highest BCUT2D eigenvalue weighted by Gasteiger charge is 2.18. The molecule has 132 valence electrons. The molecule has 1 saturated heterocycles. The standard InChI is InChI=1S/C18H23N5OS/c1-22-9-11-23(12-10-22)18-15(3-2-6-20-18)13-21-17(24)14-25-16-4-7-19-8-5-16/h2-8H,9-14H2,1H3,(H,21,24). The van der Waals surface area contributed by atoms with Crippen LogP contribution in [0.15, 0.2) is 47.8 Å². The van der Waals surface area contributed by atoms with Crippen LogP contribution in [0.5, 0.6) is 0 Å². The Kier molecular flexibility index (Phi) is 6.25. The maximum absolute atomic E-state index is 12.1. The first-order valence-corrected chi connectivity index (χ1v) is 9.38. The molecule has 1 amide bonds. The molecule has 3 heterocycles. The third-order valence-corrected chi connectivity index (χ3v) is 5.18. The number of hydrogen-bond acceptors (Lipinski definition) is 6. The first-order valence-electron chi connectivity index (χ1n) is 8.39. The predicted octanol–water partition coefficient (Wildman–Crippen LogP) is 1.64. The minimum absolute atomic E-state index is 0.0231. The molecule has 1 N–H and O–H groups in total. The Bertz CT molecular complexity index is 689. The highest BCUT2D eigenvalue weighted by Crippen LogP contribution is 2.19. The molecule has 0 aliphatic carbocycles. The van der Waals surface area contributed by atoms with Gasteiger partial charge in [0.25, 0.3) is 0 Å². The van der Waals surface area contributed by atoms with Gasteiger partial charge in [0.15, 0.2) is 0 Å². The summed E-state index contributed by atoms with van der Waals surface area (Å²) in [4.78, 5) is 26.3. The van der Waals surface area contributed by atoms with Gasteiger partial charge in [0.1, 0.15) is 5.82 Å². The zero-order chi connectivity index (χ0) is 17.5. The largest absolute Gasteiger partial charge is 0.354 e. The molecule has 0 spiro atoms. The van der Waals surface area contributed by atoms with Crippen molar-refractivity contribution in [3.63, 3.8) is 0 Å². The Morgan fingerprint density at radius 3 is 2.68 bits per heavy atom. The smallest absolute Gasteiger partial charge is 0.230 e. The van der Waals surface area contributed by atoms with E-state index >= 15 is 0 Å². The summed E-state index contributed by atoms with van der Waals surface area (Å²) in [6.45, 7) is 4.50. The van der Waals surface area contributed by atoms with Gasteiger partial charge in [-0.3, -0.25) is 9.78 Å². The molecular weight excluding hydrogens is 334 g/mol. The number of piperazine rings is 1. The number of carbonyl (C=O) groups excluding carboxylic acids is 1. The van der Waals surface area contributed by atoms with Crippen LogP contribution in [0, 0.1) is 0 Å². The van der Waals surface area contributed by atoms with Gasteiger partial charge in [0.2, 0.25) is 5.91 Å². The molecule has 0 bridgehead atoms. The SMILES string of the molecule is CN1CCN(c2ncccc2CNC(=O)CSc2ccncc2)CC1. The summed E-state index contributed by atoms with van der Waals surface area (Å²) >= 11 is 1.51. The summed E-state index contributed by atoms with van der Waals surface area (Å²) in [5.74, 6) is 1.40. The zero-order valence-corrected chi connectivity index (χ0v) is 15.2. The van der Waals surface area contributed by atoms with E-state index in [2.05, 4.69) is 32.1 Å². The molecule has 0 aromatic carbocycles. The molecule has 2 aromatic rings. The van der Waals surface area contributed by atoms with Crippen molar-refractivity contribution in [2.24, 2.45) is 0 Å². The van der Waals surface area contributed by atoms with Crippen LogP contribution in [0.3, 0.4) is 0 Å². The topological polar surface area (TPSA) is 61.4 Å². The first-order chi connectivity index (χ1) is 12.2. The second-order valence-electron chi connectivity index (χ2n) is 6.02. The third-order valence-electron chi connectivity index (χ3n) is 4.17. The number of aromatic nitrogens is 2. The summed E-state index contributed by atoms with van der Waals surface area (Å²) in [5, 5.41) is 3.00. The van der Waals surface area contributed by atoms with Gasteiger partial charge in [-0.1, -0.05) is 6.07 Å². The molecule has 1 aliphatic heterocycles. The van der Waals surface area contributed by atoms with E-state index in [9.17, 15) is 4.79 Å². The van der Waals surface area contributed by atoms with Crippen molar-refractivity contribution in [2.75, 3.05) is 43.9 Å². The Labute approximate surface area is 152 Å². The number of amides is 1. The van der Waals surface area contributed by atoms with Crippen molar-refractivity contribution in [1.29, 1.82) is 0 Å². The number of hydrogen-bond donors (Lipinski definition) is 1. The summed E-state index contributed by atoms with van der Waals surface area (Å²) in [6.07, 6.45) is 5.29. The monoisotopic (exact) mass is 357 g/mol. The van der Waals surface area contributed by atoms with Crippen LogP contribution in [-0.4, -0.2) is 59.8 Å². The Hall–Kier alpha value is -2.12. The van der Waals surface area contributed by atoms with Gasteiger partial charge in [-0.15, -0.1) is 11.8 Å². The number of pyridine rings is 2. The van der Waals surface area contributed by atoms with Gasteiger partial charge in [0, 0.05) is 61.8 Å². The fraction of sp³-hybridized carbons (Fsp3) is 0.389. The Balaban J connectivity index is 1.53. The Morgan fingerprint density at radius 1 is 1.16 bits per heavy atom. The maximum atomic E-state index is 12.1. The number of likely N-dealkylation sites (N-methyl/N-ethyl adjacent to an activating group) is 1. The van der Waals surface area contributed by atoms with Gasteiger partial charge in [0.05, 0.1) is 5.75 Å². The van der Waals surface area contributed by atoms with Crippen LogP contribution in [0.4, 0.5) is 5.82 Å². The summed E-state index contributed by atoms with van der Waals surface area (Å²) in [5.41, 5.74) is 1.06. The van der Waals surface area contributed by atoms with Gasteiger partial charge in [-0.2, -0.15) is 0 Å². The van der Waals surface area contributed by atoms with E-state index in [1.807, 2.05) is 30.5 Å². The van der Waals surface area contributed by atoms with E-state index in [0.29, 0.717) is 12.3 Å². The normalized spacial score (nSPS) is 15.2. The van der Waals surface area contributed by atoms with E-state index in [0.717, 1.165) is 42.5 Å². The van der Waals surface area contributed by atoms with Gasteiger partial charge >= 0.3 is 0 Å². The number of anilines is 1. The third kappa shape index (κ3) is 5.17. The van der Waals surface area contributed by atoms with Crippen molar-refractivity contribution in [3.8, 4) is 0 Å². The molecule has 1 aliphatic rings. The lowest BCUT2D eigenvalue weighted by Gasteiger charge is -2.34. The van der Waals surface area contributed by atoms with Crippen LogP contribution in [0.1, 0.15) is 5.56 Å². The lowest BCUT2D eigenvalue weighted by molar-refractivity contribution is -0.118. The highest BCUT2D eigenvalue weighted by atomic mass is 32.2. The molecule has 3 rings (SSSR count). The van der Waals surface area contributed by atoms with Crippen LogP contribution in [-0.2, 0) is 11.3 Å². The van der Waals surface area contributed by atoms with Crippen LogP contribution in [0.25, 0.3) is 0 Å². The second kappa shape index (κ2) is 8.82. The van der Waals surface area contributed by atoms with Crippen LogP contribution in [0.2, 0.25) is 0 Å². The molecule has 0 atom stereocenters. The van der Waals surface area contributed by atoms with Crippen molar-refractivity contribution in [2.45, 2.75) is 11.4 Å². The van der Waals surface area contributed by atoms with Crippen molar-refractivity contribution < 1.29 is 4.79 Å². The lowest BCUT2D eigenvalue weighted by Crippen LogP contribution is -2.45. The van der Waals surface area contributed by atoms with E-state index in [4.69, 9.17) is 0 Å². The minimum atomic E-state index is 0.0231. The minimum Gasteiger partial charge on any atom is -0.354 e. The number of thioether (sulfide) groups is 1. The fourth-order valence-electron chi connectivity index (χ4n) is 2.70. The molecule has 6 nitrogen and oxygen atoms in total. The molecule has 7 heteroatoms. The van der Waals surface area contributed by atoms with Crippen molar-refractivity contribution >= 4 is 23.5 Å². The lowest BCUT2D eigenvalue weighted by atomic mass is 10.2. The fourth-order valence-corrected chi connectivity index (χ4v) is 3.41. The molecule has 2 aromatic heterocycles. The number of rotatable bonds is 6. The summed E-state index contributed by atoms with van der Waals surface area (Å²) in [7, 11) is 2.14. The van der Waals surface area contributed by atoms with E-state index in [-0.39, 0.29) is 5.91 Å². The molecule has 0 unspecified atom stereocenters. The van der Waals surface area contributed by atoms with Crippen molar-refractivity contribution in [3.05, 3.63) is 48.4 Å². The quantitative estimate of drug-likeness (QED) is 0.793. The molecule has 0 radical (unpaired) electrons. The van der Waals surface area contributed by atoms with Crippen molar-refractivity contribution in [1.82, 2.24) is 20.2 Å². The number of nitrogens with zero attached hydrogens (tertiary/aromatic N) is 4. The van der Waals surface area contributed by atoms with Crippen LogP contribution >= 0.6 is 11.8 Å². The maximum Gasteiger partial charge on any atom is 0.230 e. The van der Waals surface area contributed by atoms with Gasteiger partial charge < -0.3 is 15.1 Å². The highest BCUT2D eigenvalue weighted by molar-refractivity contribution is 8.00. The molecule has 1 fully saturated rings. The number of carbonyl (C=O) groups is 1. The first kappa shape index (κ1) is 17.7. The van der Waals surface area contributed by atoms with E-state index in [1.165, 1.54) is 11.8 Å². The van der Waals surface area contributed by atoms with E-state index < -0.39 is 0 Å². The second-order valence-corrected chi connectivity index (χ2v) is 7.07. The van der Waals surface area contributed by atoms with Crippen LogP contribution < -0.4 is 10.2 Å². The molecule has 25 heavy (non-hydrogen) atoms. The summed E-state index contributed by atoms with van der Waals surface area (Å²) < 4.78 is 0.